The third-order valence-electron chi connectivity index (χ3n) is 7.35. The summed E-state index contributed by atoms with van der Waals surface area (Å²) in [5.41, 5.74) is -0.771. The van der Waals surface area contributed by atoms with Crippen LogP contribution < -0.4 is 0 Å². The van der Waals surface area contributed by atoms with E-state index in [1.54, 1.807) is 0 Å². The van der Waals surface area contributed by atoms with Crippen LogP contribution in [0.5, 0.6) is 0 Å². The van der Waals surface area contributed by atoms with Crippen molar-refractivity contribution in [1.29, 1.82) is 0 Å². The molecule has 0 N–H and O–H groups in total. The van der Waals surface area contributed by atoms with Crippen LogP contribution in [0.15, 0.2) is 12.2 Å². The fourth-order valence-electron chi connectivity index (χ4n) is 6.49. The molecule has 0 aromatic heterocycles. The highest BCUT2D eigenvalue weighted by atomic mass is 16.6. The fourth-order valence-corrected chi connectivity index (χ4v) is 6.49. The van der Waals surface area contributed by atoms with Crippen LogP contribution in [0, 0.1) is 29.6 Å². The highest BCUT2D eigenvalue weighted by Crippen LogP contribution is 2.68. The first kappa shape index (κ1) is 14.8. The average molecular weight is 330 g/mol. The summed E-state index contributed by atoms with van der Waals surface area (Å²) in [4.78, 5) is 38.5. The van der Waals surface area contributed by atoms with Gasteiger partial charge >= 0.3 is 5.97 Å². The molecule has 5 rings (SSSR count). The van der Waals surface area contributed by atoms with E-state index in [0.29, 0.717) is 19.3 Å². The van der Waals surface area contributed by atoms with Gasteiger partial charge in [-0.25, -0.2) is 0 Å². The fraction of sp³-hybridized carbons (Fsp3) is 0.737. The second kappa shape index (κ2) is 4.18. The van der Waals surface area contributed by atoms with Gasteiger partial charge in [-0.05, 0) is 26.2 Å². The van der Waals surface area contributed by atoms with Crippen LogP contribution in [0.3, 0.4) is 0 Å². The topological polar surface area (TPSA) is 69.7 Å². The predicted molar refractivity (Wildman–Crippen MR) is 82.8 cm³/mol. The van der Waals surface area contributed by atoms with Crippen molar-refractivity contribution < 1.29 is 23.9 Å². The molecule has 2 heterocycles. The number of esters is 1. The Labute approximate surface area is 140 Å². The Morgan fingerprint density at radius 3 is 2.75 bits per heavy atom. The molecule has 5 nitrogen and oxygen atoms in total. The molecule has 5 aliphatic rings. The summed E-state index contributed by atoms with van der Waals surface area (Å²) in [7, 11) is 0. The van der Waals surface area contributed by atoms with Crippen LogP contribution >= 0.6 is 0 Å². The minimum atomic E-state index is -1.11. The Kier molecular flexibility index (Phi) is 2.58. The van der Waals surface area contributed by atoms with E-state index in [0.717, 1.165) is 5.57 Å². The number of carbonyl (C=O) groups is 3. The zero-order valence-electron chi connectivity index (χ0n) is 14.0. The number of ketones is 2. The van der Waals surface area contributed by atoms with E-state index in [1.807, 2.05) is 13.8 Å². The van der Waals surface area contributed by atoms with Gasteiger partial charge in [0.15, 0.2) is 5.78 Å². The van der Waals surface area contributed by atoms with Crippen molar-refractivity contribution in [3.05, 3.63) is 12.2 Å². The van der Waals surface area contributed by atoms with E-state index in [-0.39, 0.29) is 59.7 Å². The van der Waals surface area contributed by atoms with Crippen molar-refractivity contribution in [3.8, 4) is 0 Å². The van der Waals surface area contributed by atoms with Crippen molar-refractivity contribution in [2.75, 3.05) is 0 Å². The lowest BCUT2D eigenvalue weighted by molar-refractivity contribution is -0.166. The van der Waals surface area contributed by atoms with Gasteiger partial charge in [-0.15, -0.1) is 0 Å². The molecular weight excluding hydrogens is 308 g/mol. The second-order valence-electron chi connectivity index (χ2n) is 8.73. The molecule has 0 aromatic carbocycles. The molecule has 2 bridgehead atoms. The molecule has 3 saturated carbocycles. The first-order chi connectivity index (χ1) is 11.3. The third kappa shape index (κ3) is 1.48. The number of hydrogen-bond donors (Lipinski definition) is 0. The van der Waals surface area contributed by atoms with Crippen LogP contribution in [0.2, 0.25) is 0 Å². The molecule has 1 spiro atoms. The van der Waals surface area contributed by atoms with E-state index in [2.05, 4.69) is 6.58 Å². The summed E-state index contributed by atoms with van der Waals surface area (Å²) in [6.45, 7) is 7.90. The Morgan fingerprint density at radius 1 is 1.29 bits per heavy atom. The Hall–Kier alpha value is -1.49. The predicted octanol–water partition coefficient (Wildman–Crippen LogP) is 1.84. The maximum Gasteiger partial charge on any atom is 0.310 e. The average Bonchev–Trinajstić information content (AvgIpc) is 2.90. The molecule has 2 saturated heterocycles. The maximum atomic E-state index is 13.3. The zero-order valence-corrected chi connectivity index (χ0v) is 14.0. The lowest BCUT2D eigenvalue weighted by Crippen LogP contribution is -2.56. The third-order valence-corrected chi connectivity index (χ3v) is 7.35. The maximum absolute atomic E-state index is 13.3. The largest absolute Gasteiger partial charge is 0.462 e. The number of rotatable bonds is 1. The molecule has 5 fully saturated rings. The van der Waals surface area contributed by atoms with Crippen molar-refractivity contribution in [1.82, 2.24) is 0 Å². The van der Waals surface area contributed by atoms with Crippen molar-refractivity contribution in [2.24, 2.45) is 29.6 Å². The van der Waals surface area contributed by atoms with Crippen LogP contribution in [0.25, 0.3) is 0 Å². The number of ether oxygens (including phenoxy) is 2. The van der Waals surface area contributed by atoms with Crippen LogP contribution in [-0.4, -0.2) is 34.8 Å². The lowest BCUT2D eigenvalue weighted by Gasteiger charge is -2.42. The standard InChI is InChI=1S/C19H22O5/c1-8(2)9-4-10(20)6-19-11(5-9)13-14-12(23-17(13)22)7-18(3,24-19)15(14)16(19)21/h9,11-15H,1,4-7H2,2-3H3. The molecule has 3 aliphatic carbocycles. The van der Waals surface area contributed by atoms with Gasteiger partial charge in [0.2, 0.25) is 0 Å². The summed E-state index contributed by atoms with van der Waals surface area (Å²) in [5, 5.41) is 0. The van der Waals surface area contributed by atoms with E-state index in [1.165, 1.54) is 0 Å². The van der Waals surface area contributed by atoms with Gasteiger partial charge in [0.05, 0.1) is 17.4 Å². The van der Waals surface area contributed by atoms with Crippen LogP contribution in [0.1, 0.15) is 39.5 Å². The molecule has 24 heavy (non-hydrogen) atoms. The van der Waals surface area contributed by atoms with E-state index in [4.69, 9.17) is 9.47 Å². The molecule has 5 heteroatoms. The molecule has 8 atom stereocenters. The molecule has 0 amide bonds. The van der Waals surface area contributed by atoms with Gasteiger partial charge in [-0.1, -0.05) is 12.2 Å². The minimum Gasteiger partial charge on any atom is -0.462 e. The van der Waals surface area contributed by atoms with Gasteiger partial charge in [0.25, 0.3) is 0 Å². The van der Waals surface area contributed by atoms with Crippen molar-refractivity contribution >= 4 is 17.5 Å². The number of fused-ring (bicyclic) bond motifs is 1. The molecule has 0 aromatic rings. The summed E-state index contributed by atoms with van der Waals surface area (Å²) >= 11 is 0. The van der Waals surface area contributed by atoms with Crippen LogP contribution in [0.4, 0.5) is 0 Å². The molecule has 2 aliphatic heterocycles. The number of Topliss-reactive ketones (excluding diaryl/α,β-unsaturated/α-hetero) is 2. The normalized spacial score (nSPS) is 54.5. The van der Waals surface area contributed by atoms with Crippen molar-refractivity contribution in [2.45, 2.75) is 56.8 Å². The second-order valence-corrected chi connectivity index (χ2v) is 8.73. The zero-order chi connectivity index (χ0) is 17.0. The minimum absolute atomic E-state index is 0.00797. The van der Waals surface area contributed by atoms with Crippen molar-refractivity contribution in [3.63, 3.8) is 0 Å². The van der Waals surface area contributed by atoms with Gasteiger partial charge in [0, 0.05) is 31.1 Å². The Bertz CT molecular complexity index is 711. The van der Waals surface area contributed by atoms with E-state index >= 15 is 0 Å². The van der Waals surface area contributed by atoms with E-state index in [9.17, 15) is 14.4 Å². The summed E-state index contributed by atoms with van der Waals surface area (Å²) in [6, 6.07) is 0. The first-order valence-corrected chi connectivity index (χ1v) is 8.89. The van der Waals surface area contributed by atoms with Gasteiger partial charge in [0.1, 0.15) is 17.5 Å². The summed E-state index contributed by atoms with van der Waals surface area (Å²) in [6.07, 6.45) is 1.47. The first-order valence-electron chi connectivity index (χ1n) is 8.89. The van der Waals surface area contributed by atoms with Crippen LogP contribution in [-0.2, 0) is 23.9 Å². The van der Waals surface area contributed by atoms with Gasteiger partial charge < -0.3 is 9.47 Å². The Morgan fingerprint density at radius 2 is 2.04 bits per heavy atom. The van der Waals surface area contributed by atoms with Gasteiger partial charge in [-0.2, -0.15) is 0 Å². The smallest absolute Gasteiger partial charge is 0.310 e. The molecular formula is C19H22O5. The SMILES string of the molecule is C=C(C)C1CC(=O)CC23OC4(C)CC5OC(=O)C(C5C4C2=O)C3C1. The number of carbonyl (C=O) groups excluding carboxylic acids is 3. The molecule has 128 valence electrons. The van der Waals surface area contributed by atoms with E-state index < -0.39 is 11.2 Å². The molecule has 8 unspecified atom stereocenters. The highest BCUT2D eigenvalue weighted by molar-refractivity contribution is 6.01. The molecule has 0 radical (unpaired) electrons. The monoisotopic (exact) mass is 330 g/mol. The number of allylic oxidation sites excluding steroid dienone is 1. The quantitative estimate of drug-likeness (QED) is 0.542. The summed E-state index contributed by atoms with van der Waals surface area (Å²) in [5.74, 6) is -1.04. The van der Waals surface area contributed by atoms with Gasteiger partial charge in [-0.3, -0.25) is 14.4 Å². The highest BCUT2D eigenvalue weighted by Gasteiger charge is 2.79. The summed E-state index contributed by atoms with van der Waals surface area (Å²) < 4.78 is 12.1. The lowest BCUT2D eigenvalue weighted by atomic mass is 9.59. The Balaban J connectivity index is 1.69. The number of hydrogen-bond acceptors (Lipinski definition) is 5.